The van der Waals surface area contributed by atoms with Gasteiger partial charge >= 0.3 is 5.97 Å². The van der Waals surface area contributed by atoms with Gasteiger partial charge < -0.3 is 10.2 Å². The third-order valence-electron chi connectivity index (χ3n) is 2.40. The number of carbonyl (C=O) groups is 3. The van der Waals surface area contributed by atoms with Gasteiger partial charge in [-0.05, 0) is 27.2 Å². The van der Waals surface area contributed by atoms with Crippen LogP contribution in [0.2, 0.25) is 0 Å². The van der Waals surface area contributed by atoms with Gasteiger partial charge in [-0.1, -0.05) is 6.58 Å². The lowest BCUT2D eigenvalue weighted by atomic mass is 10.1. The fourth-order valence-electron chi connectivity index (χ4n) is 1.59. The maximum atomic E-state index is 11.5. The summed E-state index contributed by atoms with van der Waals surface area (Å²) in [7, 11) is 0. The molecule has 0 aliphatic carbocycles. The highest BCUT2D eigenvalue weighted by Crippen LogP contribution is 2.21. The lowest BCUT2D eigenvalue weighted by Gasteiger charge is -2.20. The molecule has 1 aliphatic heterocycles. The van der Waals surface area contributed by atoms with Crippen molar-refractivity contribution >= 4 is 17.8 Å². The molecule has 1 fully saturated rings. The number of hydrogen-bond acceptors (Lipinski definition) is 4. The number of nitrogens with zero attached hydrogens (tertiary/aromatic N) is 1. The van der Waals surface area contributed by atoms with Crippen molar-refractivity contribution in [3.8, 4) is 0 Å². The summed E-state index contributed by atoms with van der Waals surface area (Å²) in [4.78, 5) is 39.3. The van der Waals surface area contributed by atoms with E-state index in [-0.39, 0.29) is 30.2 Å². The van der Waals surface area contributed by atoms with Gasteiger partial charge in [-0.2, -0.15) is 0 Å². The minimum absolute atomic E-state index is 0.0324. The highest BCUT2D eigenvalue weighted by atomic mass is 16.7. The number of nitrogens with one attached hydrogen (secondary N) is 1. The van der Waals surface area contributed by atoms with Crippen molar-refractivity contribution in [3.63, 3.8) is 0 Å². The van der Waals surface area contributed by atoms with Crippen LogP contribution in [-0.4, -0.2) is 28.4 Å². The second-order valence-electron chi connectivity index (χ2n) is 5.52. The summed E-state index contributed by atoms with van der Waals surface area (Å²) in [5, 5.41) is 3.66. The van der Waals surface area contributed by atoms with Crippen LogP contribution in [0, 0.1) is 0 Å². The smallest absolute Gasteiger partial charge is 0.333 e. The Labute approximate surface area is 112 Å². The summed E-state index contributed by atoms with van der Waals surface area (Å²) in [5.74, 6) is -1.12. The van der Waals surface area contributed by atoms with Gasteiger partial charge in [-0.3, -0.25) is 9.59 Å². The zero-order valence-electron chi connectivity index (χ0n) is 11.6. The number of hydroxylamine groups is 2. The average Bonchev–Trinajstić information content (AvgIpc) is 2.56. The minimum atomic E-state index is -0.611. The standard InChI is InChI=1S/C13H20N2O4/c1-9-5-7-11(17)15(9)19-12(18)8-6-10(16)14-13(2,3)4/h1,5-8H2,2-4H3,(H,14,16). The summed E-state index contributed by atoms with van der Waals surface area (Å²) in [6, 6.07) is 0. The largest absolute Gasteiger partial charge is 0.351 e. The molecule has 0 aromatic heterocycles. The first-order valence-corrected chi connectivity index (χ1v) is 6.21. The number of amides is 2. The summed E-state index contributed by atoms with van der Waals surface area (Å²) in [6.07, 6.45) is 0.761. The van der Waals surface area contributed by atoms with Crippen molar-refractivity contribution < 1.29 is 19.2 Å². The average molecular weight is 268 g/mol. The summed E-state index contributed by atoms with van der Waals surface area (Å²) < 4.78 is 0. The topological polar surface area (TPSA) is 75.7 Å². The molecule has 1 aliphatic rings. The van der Waals surface area contributed by atoms with Crippen molar-refractivity contribution in [1.29, 1.82) is 0 Å². The first-order valence-electron chi connectivity index (χ1n) is 6.21. The van der Waals surface area contributed by atoms with Crippen molar-refractivity contribution in [3.05, 3.63) is 12.3 Å². The molecule has 106 valence electrons. The second kappa shape index (κ2) is 5.86. The normalized spacial score (nSPS) is 15.6. The Morgan fingerprint density at radius 1 is 1.32 bits per heavy atom. The molecule has 0 spiro atoms. The van der Waals surface area contributed by atoms with E-state index >= 15 is 0 Å². The first kappa shape index (κ1) is 15.2. The molecule has 1 N–H and O–H groups in total. The van der Waals surface area contributed by atoms with Crippen molar-refractivity contribution in [2.75, 3.05) is 0 Å². The lowest BCUT2D eigenvalue weighted by molar-refractivity contribution is -0.186. The monoisotopic (exact) mass is 268 g/mol. The van der Waals surface area contributed by atoms with E-state index in [1.54, 1.807) is 0 Å². The van der Waals surface area contributed by atoms with Crippen molar-refractivity contribution in [2.45, 2.75) is 52.0 Å². The molecule has 0 saturated carbocycles. The maximum Gasteiger partial charge on any atom is 0.333 e. The molecular formula is C13H20N2O4. The molecule has 6 nitrogen and oxygen atoms in total. The van der Waals surface area contributed by atoms with E-state index in [9.17, 15) is 14.4 Å². The van der Waals surface area contributed by atoms with Crippen LogP contribution in [0.4, 0.5) is 0 Å². The molecule has 0 aromatic rings. The summed E-state index contributed by atoms with van der Waals surface area (Å²) in [6.45, 7) is 9.20. The molecule has 0 atom stereocenters. The van der Waals surface area contributed by atoms with Crippen molar-refractivity contribution in [1.82, 2.24) is 10.4 Å². The van der Waals surface area contributed by atoms with Gasteiger partial charge in [-0.25, -0.2) is 4.79 Å². The van der Waals surface area contributed by atoms with Gasteiger partial charge in [0.15, 0.2) is 0 Å². The Morgan fingerprint density at radius 3 is 2.42 bits per heavy atom. The van der Waals surface area contributed by atoms with E-state index in [0.717, 1.165) is 5.06 Å². The van der Waals surface area contributed by atoms with Gasteiger partial charge in [0.2, 0.25) is 5.91 Å². The number of allylic oxidation sites excluding steroid dienone is 1. The van der Waals surface area contributed by atoms with Crippen molar-refractivity contribution in [2.24, 2.45) is 0 Å². The zero-order valence-corrected chi connectivity index (χ0v) is 11.6. The van der Waals surface area contributed by atoms with E-state index < -0.39 is 5.97 Å². The number of hydrogen-bond donors (Lipinski definition) is 1. The lowest BCUT2D eigenvalue weighted by Crippen LogP contribution is -2.40. The molecule has 0 bridgehead atoms. The van der Waals surface area contributed by atoms with Crippen LogP contribution in [0.3, 0.4) is 0 Å². The van der Waals surface area contributed by atoms with Crippen LogP contribution >= 0.6 is 0 Å². The molecule has 19 heavy (non-hydrogen) atoms. The number of rotatable bonds is 4. The third kappa shape index (κ3) is 5.11. The molecular weight excluding hydrogens is 248 g/mol. The molecule has 0 radical (unpaired) electrons. The van der Waals surface area contributed by atoms with E-state index in [1.807, 2.05) is 20.8 Å². The van der Waals surface area contributed by atoms with Gasteiger partial charge in [0, 0.05) is 18.4 Å². The highest BCUT2D eigenvalue weighted by Gasteiger charge is 2.28. The Balaban J connectivity index is 2.34. The summed E-state index contributed by atoms with van der Waals surface area (Å²) in [5.41, 5.74) is 0.137. The Kier molecular flexibility index (Phi) is 4.69. The predicted molar refractivity (Wildman–Crippen MR) is 68.4 cm³/mol. The maximum absolute atomic E-state index is 11.5. The Bertz CT molecular complexity index is 393. The molecule has 0 aromatic carbocycles. The van der Waals surface area contributed by atoms with Crippen LogP contribution < -0.4 is 5.32 Å². The van der Waals surface area contributed by atoms with Crippen LogP contribution in [0.5, 0.6) is 0 Å². The van der Waals surface area contributed by atoms with Crippen LogP contribution in [0.15, 0.2) is 12.3 Å². The van der Waals surface area contributed by atoms with Crippen LogP contribution in [0.25, 0.3) is 0 Å². The summed E-state index contributed by atoms with van der Waals surface area (Å²) >= 11 is 0. The van der Waals surface area contributed by atoms with E-state index in [2.05, 4.69) is 11.9 Å². The molecule has 2 amide bonds. The molecule has 1 saturated heterocycles. The van der Waals surface area contributed by atoms with Crippen LogP contribution in [0.1, 0.15) is 46.5 Å². The molecule has 1 rings (SSSR count). The zero-order chi connectivity index (χ0) is 14.6. The molecule has 0 unspecified atom stereocenters. The van der Waals surface area contributed by atoms with Crippen LogP contribution in [-0.2, 0) is 19.2 Å². The highest BCUT2D eigenvalue weighted by molar-refractivity contribution is 5.84. The SMILES string of the molecule is C=C1CCC(=O)N1OC(=O)CCC(=O)NC(C)(C)C. The fourth-order valence-corrected chi connectivity index (χ4v) is 1.59. The van der Waals surface area contributed by atoms with Gasteiger partial charge in [0.05, 0.1) is 12.1 Å². The fraction of sp³-hybridized carbons (Fsp3) is 0.615. The molecule has 1 heterocycles. The Hall–Kier alpha value is -1.85. The van der Waals surface area contributed by atoms with Gasteiger partial charge in [0.1, 0.15) is 0 Å². The second-order valence-corrected chi connectivity index (χ2v) is 5.52. The minimum Gasteiger partial charge on any atom is -0.351 e. The number of carbonyl (C=O) groups excluding carboxylic acids is 3. The quantitative estimate of drug-likeness (QED) is 0.833. The van der Waals surface area contributed by atoms with E-state index in [1.165, 1.54) is 0 Å². The first-order chi connectivity index (χ1) is 8.69. The Morgan fingerprint density at radius 2 is 1.95 bits per heavy atom. The third-order valence-corrected chi connectivity index (χ3v) is 2.40. The van der Waals surface area contributed by atoms with Gasteiger partial charge in [-0.15, -0.1) is 5.06 Å². The predicted octanol–water partition coefficient (Wildman–Crippen LogP) is 1.28. The molecule has 6 heteroatoms. The van der Waals surface area contributed by atoms with E-state index in [0.29, 0.717) is 18.5 Å². The van der Waals surface area contributed by atoms with Gasteiger partial charge in [0.25, 0.3) is 5.91 Å². The van der Waals surface area contributed by atoms with E-state index in [4.69, 9.17) is 4.84 Å².